The minimum atomic E-state index is -0.444. The van der Waals surface area contributed by atoms with Gasteiger partial charge in [-0.1, -0.05) is 43.6 Å². The Labute approximate surface area is 140 Å². The van der Waals surface area contributed by atoms with Crippen LogP contribution >= 0.6 is 11.6 Å². The van der Waals surface area contributed by atoms with Crippen molar-refractivity contribution in [3.8, 4) is 0 Å². The summed E-state index contributed by atoms with van der Waals surface area (Å²) in [5.74, 6) is -0.673. The molecule has 0 saturated heterocycles. The lowest BCUT2D eigenvalue weighted by Gasteiger charge is -2.09. The first-order valence-corrected chi connectivity index (χ1v) is 7.66. The first-order chi connectivity index (χ1) is 11.0. The lowest BCUT2D eigenvalue weighted by molar-refractivity contribution is -0.118. The first kappa shape index (κ1) is 17.0. The summed E-state index contributed by atoms with van der Waals surface area (Å²) in [4.78, 5) is 23.8. The lowest BCUT2D eigenvalue weighted by Crippen LogP contribution is -2.18. The van der Waals surface area contributed by atoms with Gasteiger partial charge in [0.05, 0.1) is 5.56 Å². The molecule has 0 aliphatic heterocycles. The van der Waals surface area contributed by atoms with E-state index in [4.69, 9.17) is 16.3 Å². The monoisotopic (exact) mass is 331 g/mol. The maximum Gasteiger partial charge on any atom is 0.338 e. The highest BCUT2D eigenvalue weighted by Gasteiger charge is 2.11. The van der Waals surface area contributed by atoms with E-state index in [9.17, 15) is 9.59 Å². The molecule has 2 aromatic carbocycles. The molecule has 0 unspecified atom stereocenters. The van der Waals surface area contributed by atoms with Crippen LogP contribution in [-0.2, 0) is 16.1 Å². The van der Waals surface area contributed by atoms with Gasteiger partial charge in [-0.2, -0.15) is 0 Å². The van der Waals surface area contributed by atoms with Crippen LogP contribution in [0, 0.1) is 5.92 Å². The zero-order valence-corrected chi connectivity index (χ0v) is 13.8. The van der Waals surface area contributed by atoms with Gasteiger partial charge in [-0.15, -0.1) is 0 Å². The van der Waals surface area contributed by atoms with E-state index in [0.717, 1.165) is 5.56 Å². The van der Waals surface area contributed by atoms with Crippen molar-refractivity contribution in [3.63, 3.8) is 0 Å². The van der Waals surface area contributed by atoms with E-state index in [1.807, 2.05) is 0 Å². The third kappa shape index (κ3) is 5.11. The highest BCUT2D eigenvalue weighted by molar-refractivity contribution is 6.30. The van der Waals surface area contributed by atoms with Crippen molar-refractivity contribution in [1.29, 1.82) is 0 Å². The van der Waals surface area contributed by atoms with Crippen molar-refractivity contribution in [2.75, 3.05) is 5.32 Å². The molecule has 0 atom stereocenters. The fourth-order valence-corrected chi connectivity index (χ4v) is 1.95. The molecule has 1 N–H and O–H groups in total. The molecule has 0 saturated carbocycles. The third-order valence-corrected chi connectivity index (χ3v) is 3.43. The number of ether oxygens (including phenoxy) is 1. The van der Waals surface area contributed by atoms with Gasteiger partial charge in [0.15, 0.2) is 0 Å². The van der Waals surface area contributed by atoms with Gasteiger partial charge >= 0.3 is 5.97 Å². The molecule has 2 aromatic rings. The number of rotatable bonds is 5. The second kappa shape index (κ2) is 7.79. The molecule has 0 aliphatic carbocycles. The number of hydrogen-bond donors (Lipinski definition) is 1. The molecular formula is C18H18ClNO3. The Kier molecular flexibility index (Phi) is 5.77. The number of carbonyl (C=O) groups is 2. The van der Waals surface area contributed by atoms with Crippen molar-refractivity contribution in [3.05, 3.63) is 64.7 Å². The molecule has 120 valence electrons. The number of halogens is 1. The predicted octanol–water partition coefficient (Wildman–Crippen LogP) is 4.29. The Morgan fingerprint density at radius 2 is 1.83 bits per heavy atom. The summed E-state index contributed by atoms with van der Waals surface area (Å²) in [5, 5.41) is 3.39. The molecule has 0 spiro atoms. The van der Waals surface area contributed by atoms with Crippen LogP contribution in [0.1, 0.15) is 29.8 Å². The average Bonchev–Trinajstić information content (AvgIpc) is 2.54. The molecule has 5 heteroatoms. The highest BCUT2D eigenvalue weighted by atomic mass is 35.5. The van der Waals surface area contributed by atoms with Crippen molar-refractivity contribution < 1.29 is 14.3 Å². The topological polar surface area (TPSA) is 55.4 Å². The van der Waals surface area contributed by atoms with Crippen LogP contribution in [0.25, 0.3) is 0 Å². The second-order valence-electron chi connectivity index (χ2n) is 5.43. The third-order valence-electron chi connectivity index (χ3n) is 3.17. The van der Waals surface area contributed by atoms with Crippen LogP contribution in [0.4, 0.5) is 5.69 Å². The van der Waals surface area contributed by atoms with Crippen LogP contribution in [0.3, 0.4) is 0 Å². The molecule has 0 aliphatic rings. The zero-order valence-electron chi connectivity index (χ0n) is 13.0. The van der Waals surface area contributed by atoms with Crippen LogP contribution in [0.5, 0.6) is 0 Å². The van der Waals surface area contributed by atoms with E-state index >= 15 is 0 Å². The molecule has 1 amide bonds. The molecule has 23 heavy (non-hydrogen) atoms. The van der Waals surface area contributed by atoms with Crippen molar-refractivity contribution >= 4 is 29.2 Å². The summed E-state index contributed by atoms with van der Waals surface area (Å²) in [5.41, 5.74) is 1.82. The van der Waals surface area contributed by atoms with E-state index in [0.29, 0.717) is 16.3 Å². The Morgan fingerprint density at radius 1 is 1.13 bits per heavy atom. The van der Waals surface area contributed by atoms with Crippen molar-refractivity contribution in [2.45, 2.75) is 20.5 Å². The number of anilines is 1. The molecule has 0 bridgehead atoms. The minimum absolute atomic E-state index is 0.100. The number of benzene rings is 2. The number of nitrogens with one attached hydrogen (secondary N) is 1. The molecular weight excluding hydrogens is 314 g/mol. The fourth-order valence-electron chi connectivity index (χ4n) is 1.82. The van der Waals surface area contributed by atoms with Gasteiger partial charge in [-0.25, -0.2) is 4.79 Å². The van der Waals surface area contributed by atoms with Crippen LogP contribution in [0.2, 0.25) is 5.02 Å². The van der Waals surface area contributed by atoms with E-state index in [-0.39, 0.29) is 18.4 Å². The standard InChI is InChI=1S/C18H18ClNO3/c1-12(2)17(21)20-16-5-3-4-14(10-16)18(22)23-11-13-6-8-15(19)9-7-13/h3-10,12H,11H2,1-2H3,(H,20,21). The summed E-state index contributed by atoms with van der Waals surface area (Å²) >= 11 is 5.81. The smallest absolute Gasteiger partial charge is 0.338 e. The Bertz CT molecular complexity index is 696. The quantitative estimate of drug-likeness (QED) is 0.831. The number of hydrogen-bond acceptors (Lipinski definition) is 3. The van der Waals surface area contributed by atoms with Gasteiger partial charge < -0.3 is 10.1 Å². The second-order valence-corrected chi connectivity index (χ2v) is 5.86. The van der Waals surface area contributed by atoms with Crippen LogP contribution in [-0.4, -0.2) is 11.9 Å². The molecule has 0 fully saturated rings. The first-order valence-electron chi connectivity index (χ1n) is 7.28. The zero-order chi connectivity index (χ0) is 16.8. The van der Waals surface area contributed by atoms with E-state index in [1.54, 1.807) is 62.4 Å². The Hall–Kier alpha value is -2.33. The summed E-state index contributed by atoms with van der Waals surface area (Å²) < 4.78 is 5.27. The lowest BCUT2D eigenvalue weighted by atomic mass is 10.1. The van der Waals surface area contributed by atoms with E-state index < -0.39 is 5.97 Å². The Morgan fingerprint density at radius 3 is 2.48 bits per heavy atom. The van der Waals surface area contributed by atoms with Gasteiger partial charge in [0, 0.05) is 16.6 Å². The largest absolute Gasteiger partial charge is 0.457 e. The fraction of sp³-hybridized carbons (Fsp3) is 0.222. The van der Waals surface area contributed by atoms with E-state index in [2.05, 4.69) is 5.32 Å². The molecule has 0 heterocycles. The van der Waals surface area contributed by atoms with E-state index in [1.165, 1.54) is 0 Å². The maximum atomic E-state index is 12.1. The molecule has 0 aromatic heterocycles. The summed E-state index contributed by atoms with van der Waals surface area (Å²) in [6, 6.07) is 13.8. The predicted molar refractivity (Wildman–Crippen MR) is 90.5 cm³/mol. The van der Waals surface area contributed by atoms with Gasteiger partial charge in [-0.05, 0) is 35.9 Å². The van der Waals surface area contributed by atoms with Crippen LogP contribution in [0.15, 0.2) is 48.5 Å². The highest BCUT2D eigenvalue weighted by Crippen LogP contribution is 2.15. The molecule has 4 nitrogen and oxygen atoms in total. The number of carbonyl (C=O) groups excluding carboxylic acids is 2. The average molecular weight is 332 g/mol. The van der Waals surface area contributed by atoms with Crippen LogP contribution < -0.4 is 5.32 Å². The van der Waals surface area contributed by atoms with Gasteiger partial charge in [0.25, 0.3) is 0 Å². The summed E-state index contributed by atoms with van der Waals surface area (Å²) in [6.45, 7) is 3.78. The Balaban J connectivity index is 1.99. The normalized spacial score (nSPS) is 10.4. The van der Waals surface area contributed by atoms with Crippen molar-refractivity contribution in [2.24, 2.45) is 5.92 Å². The van der Waals surface area contributed by atoms with Gasteiger partial charge in [0.2, 0.25) is 5.91 Å². The van der Waals surface area contributed by atoms with Gasteiger partial charge in [0.1, 0.15) is 6.61 Å². The molecule has 0 radical (unpaired) electrons. The SMILES string of the molecule is CC(C)C(=O)Nc1cccc(C(=O)OCc2ccc(Cl)cc2)c1. The minimum Gasteiger partial charge on any atom is -0.457 e. The van der Waals surface area contributed by atoms with Crippen molar-refractivity contribution in [1.82, 2.24) is 0 Å². The number of amides is 1. The molecule has 2 rings (SSSR count). The summed E-state index contributed by atoms with van der Waals surface area (Å²) in [6.07, 6.45) is 0. The summed E-state index contributed by atoms with van der Waals surface area (Å²) in [7, 11) is 0. The maximum absolute atomic E-state index is 12.1. The van der Waals surface area contributed by atoms with Gasteiger partial charge in [-0.3, -0.25) is 4.79 Å². The number of esters is 1.